The minimum atomic E-state index is -5.00. The smallest absolute Gasteiger partial charge is 0.429 e. The van der Waals surface area contributed by atoms with Gasteiger partial charge in [0, 0.05) is 22.8 Å². The van der Waals surface area contributed by atoms with Crippen molar-refractivity contribution in [1.82, 2.24) is 0 Å². The number of rotatable bonds is 4. The molecule has 40 heavy (non-hydrogen) atoms. The van der Waals surface area contributed by atoms with Gasteiger partial charge in [-0.25, -0.2) is 17.6 Å². The number of halogens is 9. The van der Waals surface area contributed by atoms with Gasteiger partial charge in [0.05, 0.1) is 5.56 Å². The Bertz CT molecular complexity index is 1550. The normalized spacial score (nSPS) is 17.4. The van der Waals surface area contributed by atoms with E-state index in [1.54, 1.807) is 0 Å². The summed E-state index contributed by atoms with van der Waals surface area (Å²) in [5.74, 6) is 1.17. The van der Waals surface area contributed by atoms with Gasteiger partial charge in [0.15, 0.2) is 0 Å². The zero-order chi connectivity index (χ0) is 29.2. The van der Waals surface area contributed by atoms with Crippen LogP contribution in [0.4, 0.5) is 39.5 Å². The summed E-state index contributed by atoms with van der Waals surface area (Å²) in [6.07, 6.45) is -4.35. The maximum atomic E-state index is 14.9. The third-order valence-corrected chi connectivity index (χ3v) is 6.43. The first kappa shape index (κ1) is 28.9. The number of allylic oxidation sites excluding steroid dienone is 1. The van der Waals surface area contributed by atoms with E-state index < -0.39 is 57.8 Å². The molecule has 10 heteroatoms. The van der Waals surface area contributed by atoms with Crippen molar-refractivity contribution in [2.45, 2.75) is 38.0 Å². The summed E-state index contributed by atoms with van der Waals surface area (Å²) in [4.78, 5) is 0. The number of hydrogen-bond acceptors (Lipinski definition) is 1. The highest BCUT2D eigenvalue weighted by Crippen LogP contribution is 2.37. The minimum absolute atomic E-state index is 0.00196. The van der Waals surface area contributed by atoms with E-state index in [2.05, 4.69) is 23.2 Å². The van der Waals surface area contributed by atoms with E-state index in [1.165, 1.54) is 5.92 Å². The van der Waals surface area contributed by atoms with Gasteiger partial charge in [0.2, 0.25) is 0 Å². The number of benzene rings is 3. The van der Waals surface area contributed by atoms with E-state index in [0.29, 0.717) is 24.1 Å². The third-order valence-electron chi connectivity index (χ3n) is 6.43. The molecule has 0 heterocycles. The highest BCUT2D eigenvalue weighted by molar-refractivity contribution is 5.86. The number of hydrogen-bond donors (Lipinski definition) is 0. The van der Waals surface area contributed by atoms with Crippen LogP contribution in [0.5, 0.6) is 5.75 Å². The Morgan fingerprint density at radius 1 is 0.825 bits per heavy atom. The monoisotopic (exact) mass is 566 g/mol. The molecule has 0 saturated heterocycles. The van der Waals surface area contributed by atoms with E-state index in [-0.39, 0.29) is 16.9 Å². The fourth-order valence-corrected chi connectivity index (χ4v) is 4.43. The molecule has 1 aliphatic rings. The summed E-state index contributed by atoms with van der Waals surface area (Å²) in [5.41, 5.74) is -3.00. The summed E-state index contributed by atoms with van der Waals surface area (Å²) in [5, 5.41) is -0.809. The van der Waals surface area contributed by atoms with Crippen molar-refractivity contribution in [2.24, 2.45) is 11.8 Å². The van der Waals surface area contributed by atoms with Crippen LogP contribution >= 0.6 is 0 Å². The third kappa shape index (κ3) is 6.56. The fourth-order valence-electron chi connectivity index (χ4n) is 4.43. The van der Waals surface area contributed by atoms with Gasteiger partial charge in [-0.1, -0.05) is 23.8 Å². The van der Waals surface area contributed by atoms with Crippen LogP contribution in [0, 0.1) is 58.8 Å². The Labute approximate surface area is 223 Å². The first-order chi connectivity index (χ1) is 18.8. The molecule has 0 unspecified atom stereocenters. The highest BCUT2D eigenvalue weighted by Gasteiger charge is 2.41. The molecule has 0 amide bonds. The van der Waals surface area contributed by atoms with Gasteiger partial charge in [0.1, 0.15) is 34.6 Å². The van der Waals surface area contributed by atoms with Crippen molar-refractivity contribution in [3.63, 3.8) is 0 Å². The van der Waals surface area contributed by atoms with Crippen molar-refractivity contribution in [3.8, 4) is 29.4 Å². The summed E-state index contributed by atoms with van der Waals surface area (Å²) < 4.78 is 129. The molecule has 1 nitrogen and oxygen atoms in total. The largest absolute Gasteiger partial charge is 0.458 e. The Morgan fingerprint density at radius 2 is 1.48 bits per heavy atom. The zero-order valence-corrected chi connectivity index (χ0v) is 20.5. The molecule has 0 atom stereocenters. The van der Waals surface area contributed by atoms with Crippen LogP contribution in [0.2, 0.25) is 0 Å². The molecule has 0 N–H and O–H groups in total. The van der Waals surface area contributed by atoms with E-state index in [0.717, 1.165) is 49.8 Å². The summed E-state index contributed by atoms with van der Waals surface area (Å²) >= 11 is 0. The molecule has 1 fully saturated rings. The van der Waals surface area contributed by atoms with E-state index in [4.69, 9.17) is 0 Å². The molecular formula is C30H19F9O. The average molecular weight is 566 g/mol. The minimum Gasteiger partial charge on any atom is -0.429 e. The van der Waals surface area contributed by atoms with Gasteiger partial charge in [-0.05, 0) is 73.4 Å². The number of fused-ring (bicyclic) bond motifs is 1. The average Bonchev–Trinajstić information content (AvgIpc) is 2.86. The SMILES string of the molecule is C=CC1CCC(C#Cc2cc(F)c(C(F)(F)Oc3ccc4c(F)c(C#CC(F)(F)F)c(F)cc4c3)c(F)c2)CC1. The second-order valence-electron chi connectivity index (χ2n) is 9.23. The van der Waals surface area contributed by atoms with Gasteiger partial charge < -0.3 is 4.74 Å². The maximum absolute atomic E-state index is 14.9. The van der Waals surface area contributed by atoms with Crippen LogP contribution in [0.1, 0.15) is 42.4 Å². The van der Waals surface area contributed by atoms with Crippen LogP contribution in [0.15, 0.2) is 49.1 Å². The zero-order valence-electron chi connectivity index (χ0n) is 20.5. The topological polar surface area (TPSA) is 9.23 Å². The summed E-state index contributed by atoms with van der Waals surface area (Å²) in [6.45, 7) is 3.76. The molecule has 3 aromatic rings. The van der Waals surface area contributed by atoms with Crippen molar-refractivity contribution < 1.29 is 44.3 Å². The fraction of sp³-hybridized carbons (Fsp3) is 0.267. The second kappa shape index (κ2) is 11.2. The van der Waals surface area contributed by atoms with E-state index in [9.17, 15) is 39.5 Å². The second-order valence-corrected chi connectivity index (χ2v) is 9.23. The van der Waals surface area contributed by atoms with Gasteiger partial charge in [0.25, 0.3) is 0 Å². The number of ether oxygens (including phenoxy) is 1. The summed E-state index contributed by atoms with van der Waals surface area (Å²) in [6, 6.07) is 4.26. The first-order valence-electron chi connectivity index (χ1n) is 12.0. The Morgan fingerprint density at radius 3 is 2.08 bits per heavy atom. The predicted molar refractivity (Wildman–Crippen MR) is 130 cm³/mol. The van der Waals surface area contributed by atoms with E-state index >= 15 is 0 Å². The molecule has 0 radical (unpaired) electrons. The van der Waals surface area contributed by atoms with Crippen LogP contribution in [0.3, 0.4) is 0 Å². The molecule has 0 aromatic heterocycles. The Balaban J connectivity index is 1.58. The van der Waals surface area contributed by atoms with Crippen molar-refractivity contribution in [3.05, 3.63) is 89.0 Å². The Kier molecular flexibility index (Phi) is 8.11. The molecule has 3 aromatic carbocycles. The van der Waals surface area contributed by atoms with Gasteiger partial charge in [-0.2, -0.15) is 22.0 Å². The van der Waals surface area contributed by atoms with Crippen LogP contribution in [0.25, 0.3) is 10.8 Å². The lowest BCUT2D eigenvalue weighted by Crippen LogP contribution is -2.25. The van der Waals surface area contributed by atoms with Crippen molar-refractivity contribution in [1.29, 1.82) is 0 Å². The first-order valence-corrected chi connectivity index (χ1v) is 12.0. The standard InChI is InChI=1S/C30H19F9O/c1-2-17-3-5-18(6-4-17)7-8-19-13-25(32)27(26(33)14-19)30(38,39)40-21-9-10-22-20(15-21)16-24(31)23(28(22)34)11-12-29(35,36)37/h2,9-10,13-18H,1,3-6H2. The lowest BCUT2D eigenvalue weighted by atomic mass is 9.82. The molecular weight excluding hydrogens is 547 g/mol. The lowest BCUT2D eigenvalue weighted by molar-refractivity contribution is -0.189. The number of alkyl halides is 5. The Hall–Kier alpha value is -4.05. The highest BCUT2D eigenvalue weighted by atomic mass is 19.4. The van der Waals surface area contributed by atoms with Gasteiger partial charge in [-0.15, -0.1) is 6.58 Å². The van der Waals surface area contributed by atoms with E-state index in [1.807, 2.05) is 6.08 Å². The molecule has 0 spiro atoms. The molecule has 0 aliphatic heterocycles. The quantitative estimate of drug-likeness (QED) is 0.174. The maximum Gasteiger partial charge on any atom is 0.458 e. The lowest BCUT2D eigenvalue weighted by Gasteiger charge is -2.22. The molecule has 4 rings (SSSR count). The molecule has 0 bridgehead atoms. The predicted octanol–water partition coefficient (Wildman–Crippen LogP) is 8.78. The van der Waals surface area contributed by atoms with Crippen molar-refractivity contribution in [2.75, 3.05) is 0 Å². The summed E-state index contributed by atoms with van der Waals surface area (Å²) in [7, 11) is 0. The van der Waals surface area contributed by atoms with Crippen molar-refractivity contribution >= 4 is 10.8 Å². The van der Waals surface area contributed by atoms with Gasteiger partial charge >= 0.3 is 12.3 Å². The van der Waals surface area contributed by atoms with Crippen LogP contribution < -0.4 is 4.74 Å². The molecule has 1 aliphatic carbocycles. The van der Waals surface area contributed by atoms with Crippen LogP contribution in [-0.2, 0) is 6.11 Å². The van der Waals surface area contributed by atoms with Crippen LogP contribution in [-0.4, -0.2) is 6.18 Å². The molecule has 1 saturated carbocycles. The molecule has 208 valence electrons. The van der Waals surface area contributed by atoms with Gasteiger partial charge in [-0.3, -0.25) is 0 Å².